The molecule has 0 bridgehead atoms. The summed E-state index contributed by atoms with van der Waals surface area (Å²) >= 11 is 0. The van der Waals surface area contributed by atoms with Crippen LogP contribution in [0.1, 0.15) is 20.3 Å². The molecule has 1 aromatic heterocycles. The van der Waals surface area contributed by atoms with E-state index in [-0.39, 0.29) is 28.5 Å². The minimum atomic E-state index is -4.17. The number of sulfonamides is 1. The van der Waals surface area contributed by atoms with Gasteiger partial charge in [-0.2, -0.15) is 4.72 Å². The molecule has 0 saturated carbocycles. The van der Waals surface area contributed by atoms with E-state index in [1.807, 2.05) is 0 Å². The summed E-state index contributed by atoms with van der Waals surface area (Å²) in [4.78, 5) is 24.1. The number of nitrogens with zero attached hydrogens (tertiary/aromatic N) is 1. The number of fused-ring (bicyclic) bond motifs is 1. The van der Waals surface area contributed by atoms with Gasteiger partial charge in [0, 0.05) is 24.9 Å². The highest BCUT2D eigenvalue weighted by molar-refractivity contribution is 7.89. The molecule has 0 radical (unpaired) electrons. The molecule has 3 aromatic rings. The van der Waals surface area contributed by atoms with Crippen molar-refractivity contribution in [2.45, 2.75) is 31.2 Å². The highest BCUT2D eigenvalue weighted by atomic mass is 32.2. The number of anilines is 1. The van der Waals surface area contributed by atoms with Crippen LogP contribution in [0.5, 0.6) is 0 Å². The zero-order chi connectivity index (χ0) is 22.9. The summed E-state index contributed by atoms with van der Waals surface area (Å²) in [6.07, 6.45) is 0.150. The van der Waals surface area contributed by atoms with E-state index in [0.717, 1.165) is 12.1 Å². The lowest BCUT2D eigenvalue weighted by atomic mass is 10.0. The number of hydrogen-bond donors (Lipinski definition) is 2. The topological polar surface area (TPSA) is 110 Å². The SMILES string of the molecule is CC(C)CC(NS(=O)(=O)c1ccc2c(c1)oc(=O)n2C)C(=O)Nc1ccc(F)c(F)c1. The number of nitrogens with one attached hydrogen (secondary N) is 2. The second-order valence-corrected chi connectivity index (χ2v) is 9.19. The minimum absolute atomic E-state index is 0.00988. The maximum atomic E-state index is 13.4. The number of amides is 1. The molecule has 1 unspecified atom stereocenters. The average Bonchev–Trinajstić information content (AvgIpc) is 2.97. The lowest BCUT2D eigenvalue weighted by molar-refractivity contribution is -0.118. The molecule has 0 spiro atoms. The van der Waals surface area contributed by atoms with Crippen LogP contribution in [0.25, 0.3) is 11.1 Å². The van der Waals surface area contributed by atoms with Crippen LogP contribution >= 0.6 is 0 Å². The largest absolute Gasteiger partial charge is 0.419 e. The van der Waals surface area contributed by atoms with E-state index >= 15 is 0 Å². The molecule has 1 atom stereocenters. The Morgan fingerprint density at radius 2 is 1.84 bits per heavy atom. The summed E-state index contributed by atoms with van der Waals surface area (Å²) in [5.74, 6) is -3.63. The summed E-state index contributed by atoms with van der Waals surface area (Å²) in [6.45, 7) is 3.60. The van der Waals surface area contributed by atoms with E-state index in [1.165, 1.54) is 35.9 Å². The number of hydrogen-bond acceptors (Lipinski definition) is 5. The monoisotopic (exact) mass is 453 g/mol. The Kier molecular flexibility index (Phi) is 6.27. The van der Waals surface area contributed by atoms with Crippen LogP contribution in [0.15, 0.2) is 50.5 Å². The molecule has 31 heavy (non-hydrogen) atoms. The first-order valence-corrected chi connectivity index (χ1v) is 10.8. The molecule has 166 valence electrons. The van der Waals surface area contributed by atoms with Gasteiger partial charge in [0.1, 0.15) is 6.04 Å². The second kappa shape index (κ2) is 8.60. The molecule has 3 rings (SSSR count). The third kappa shape index (κ3) is 5.00. The standard InChI is InChI=1S/C20H21F2N3O5S/c1-11(2)8-16(19(26)23-12-4-6-14(21)15(22)9-12)24-31(28,29)13-5-7-17-18(10-13)30-20(27)25(17)3/h4-7,9-11,16,24H,8H2,1-3H3,(H,23,26). The Labute approximate surface area is 176 Å². The molecule has 11 heteroatoms. The van der Waals surface area contributed by atoms with Gasteiger partial charge in [0.05, 0.1) is 10.4 Å². The number of aromatic nitrogens is 1. The number of carbonyl (C=O) groups is 1. The first-order chi connectivity index (χ1) is 14.5. The highest BCUT2D eigenvalue weighted by Crippen LogP contribution is 2.20. The molecular weight excluding hydrogens is 432 g/mol. The Morgan fingerprint density at radius 1 is 1.13 bits per heavy atom. The summed E-state index contributed by atoms with van der Waals surface area (Å²) in [5.41, 5.74) is 0.491. The van der Waals surface area contributed by atoms with E-state index in [4.69, 9.17) is 4.42 Å². The Morgan fingerprint density at radius 3 is 2.48 bits per heavy atom. The lowest BCUT2D eigenvalue weighted by Crippen LogP contribution is -2.44. The van der Waals surface area contributed by atoms with Gasteiger partial charge in [-0.05, 0) is 36.6 Å². The van der Waals surface area contributed by atoms with Gasteiger partial charge >= 0.3 is 5.76 Å². The van der Waals surface area contributed by atoms with Gasteiger partial charge in [0.15, 0.2) is 17.2 Å². The average molecular weight is 453 g/mol. The van der Waals surface area contributed by atoms with Gasteiger partial charge in [-0.3, -0.25) is 9.36 Å². The molecule has 8 nitrogen and oxygen atoms in total. The number of benzene rings is 2. The molecule has 1 amide bonds. The molecule has 0 saturated heterocycles. The van der Waals surface area contributed by atoms with Gasteiger partial charge in [0.2, 0.25) is 15.9 Å². The third-order valence-electron chi connectivity index (χ3n) is 4.58. The van der Waals surface area contributed by atoms with Crippen molar-refractivity contribution in [1.29, 1.82) is 0 Å². The summed E-state index contributed by atoms with van der Waals surface area (Å²) in [6, 6.07) is 5.56. The quantitative estimate of drug-likeness (QED) is 0.572. The Balaban J connectivity index is 1.87. The van der Waals surface area contributed by atoms with Crippen molar-refractivity contribution in [2.75, 3.05) is 5.32 Å². The fourth-order valence-electron chi connectivity index (χ4n) is 3.02. The third-order valence-corrected chi connectivity index (χ3v) is 6.05. The van der Waals surface area contributed by atoms with Crippen molar-refractivity contribution in [3.8, 4) is 0 Å². The molecule has 2 aromatic carbocycles. The van der Waals surface area contributed by atoms with Crippen LogP contribution in [0.4, 0.5) is 14.5 Å². The molecule has 0 aliphatic heterocycles. The lowest BCUT2D eigenvalue weighted by Gasteiger charge is -2.20. The predicted octanol–water partition coefficient (Wildman–Crippen LogP) is 2.74. The number of carbonyl (C=O) groups excluding carboxylic acids is 1. The van der Waals surface area contributed by atoms with Gasteiger partial charge in [-0.15, -0.1) is 0 Å². The summed E-state index contributed by atoms with van der Waals surface area (Å²) < 4.78 is 60.9. The Hall–Kier alpha value is -3.05. The fraction of sp³-hybridized carbons (Fsp3) is 0.300. The van der Waals surface area contributed by atoms with Crippen LogP contribution in [-0.2, 0) is 21.9 Å². The maximum absolute atomic E-state index is 13.4. The first kappa shape index (κ1) is 22.6. The van der Waals surface area contributed by atoms with Crippen LogP contribution in [0.3, 0.4) is 0 Å². The van der Waals surface area contributed by atoms with Gasteiger partial charge in [-0.25, -0.2) is 22.0 Å². The minimum Gasteiger partial charge on any atom is -0.408 e. The van der Waals surface area contributed by atoms with E-state index in [0.29, 0.717) is 5.52 Å². The van der Waals surface area contributed by atoms with E-state index in [2.05, 4.69) is 10.0 Å². The number of aryl methyl sites for hydroxylation is 1. The molecule has 0 aliphatic carbocycles. The summed E-state index contributed by atoms with van der Waals surface area (Å²) in [7, 11) is -2.68. The van der Waals surface area contributed by atoms with Crippen LogP contribution in [-0.4, -0.2) is 24.9 Å². The number of rotatable bonds is 7. The van der Waals surface area contributed by atoms with Crippen molar-refractivity contribution in [2.24, 2.45) is 13.0 Å². The van der Waals surface area contributed by atoms with E-state index in [1.54, 1.807) is 13.8 Å². The Bertz CT molecular complexity index is 1300. The van der Waals surface area contributed by atoms with Crippen LogP contribution in [0.2, 0.25) is 0 Å². The van der Waals surface area contributed by atoms with E-state index in [9.17, 15) is 26.8 Å². The predicted molar refractivity (Wildman–Crippen MR) is 110 cm³/mol. The number of oxazole rings is 1. The van der Waals surface area contributed by atoms with E-state index < -0.39 is 39.4 Å². The van der Waals surface area contributed by atoms with Crippen molar-refractivity contribution < 1.29 is 26.4 Å². The van der Waals surface area contributed by atoms with Crippen LogP contribution < -0.4 is 15.8 Å². The van der Waals surface area contributed by atoms with Gasteiger partial charge in [0.25, 0.3) is 0 Å². The number of halogens is 2. The van der Waals surface area contributed by atoms with Crippen molar-refractivity contribution >= 4 is 32.7 Å². The molecule has 1 heterocycles. The zero-order valence-corrected chi connectivity index (χ0v) is 17.8. The molecule has 0 fully saturated rings. The van der Waals surface area contributed by atoms with Crippen LogP contribution in [0, 0.1) is 17.6 Å². The molecule has 2 N–H and O–H groups in total. The summed E-state index contributed by atoms with van der Waals surface area (Å²) in [5, 5.41) is 2.39. The first-order valence-electron chi connectivity index (χ1n) is 9.36. The van der Waals surface area contributed by atoms with Crippen molar-refractivity contribution in [3.63, 3.8) is 0 Å². The van der Waals surface area contributed by atoms with Gasteiger partial charge < -0.3 is 9.73 Å². The zero-order valence-electron chi connectivity index (χ0n) is 17.0. The van der Waals surface area contributed by atoms with Crippen molar-refractivity contribution in [3.05, 3.63) is 58.6 Å². The smallest absolute Gasteiger partial charge is 0.408 e. The van der Waals surface area contributed by atoms with Gasteiger partial charge in [-0.1, -0.05) is 13.8 Å². The normalized spacial score (nSPS) is 13.0. The highest BCUT2D eigenvalue weighted by Gasteiger charge is 2.27. The maximum Gasteiger partial charge on any atom is 0.419 e. The molecular formula is C20H21F2N3O5S. The fourth-order valence-corrected chi connectivity index (χ4v) is 4.24. The van der Waals surface area contributed by atoms with Crippen molar-refractivity contribution in [1.82, 2.24) is 9.29 Å². The molecule has 0 aliphatic rings. The second-order valence-electron chi connectivity index (χ2n) is 7.48.